The van der Waals surface area contributed by atoms with Gasteiger partial charge in [-0.15, -0.1) is 0 Å². The molecule has 0 heterocycles. The van der Waals surface area contributed by atoms with Crippen LogP contribution in [0.3, 0.4) is 0 Å². The maximum absolute atomic E-state index is 12.1. The van der Waals surface area contributed by atoms with Gasteiger partial charge in [-0.05, 0) is 37.6 Å². The minimum Gasteiger partial charge on any atom is -0.344 e. The summed E-state index contributed by atoms with van der Waals surface area (Å²) in [6, 6.07) is 4.63. The van der Waals surface area contributed by atoms with E-state index in [4.69, 9.17) is 11.6 Å². The summed E-state index contributed by atoms with van der Waals surface area (Å²) >= 11 is 5.87. The average molecular weight is 297 g/mol. The third-order valence-corrected chi connectivity index (χ3v) is 3.10. The van der Waals surface area contributed by atoms with Crippen LogP contribution in [0.5, 0.6) is 0 Å². The zero-order chi connectivity index (χ0) is 15.5. The lowest BCUT2D eigenvalue weighted by molar-refractivity contribution is -0.131. The van der Waals surface area contributed by atoms with Crippen molar-refractivity contribution >= 4 is 29.1 Å². The number of hydrogen-bond donors (Lipinski definition) is 2. The predicted octanol–water partition coefficient (Wildman–Crippen LogP) is 3.14. The van der Waals surface area contributed by atoms with Crippen LogP contribution in [0.1, 0.15) is 33.3 Å². The summed E-state index contributed by atoms with van der Waals surface area (Å²) in [5.74, 6) is -0.416. The Bertz CT molecular complexity index is 521. The van der Waals surface area contributed by atoms with Gasteiger partial charge < -0.3 is 10.6 Å². The van der Waals surface area contributed by atoms with Crippen LogP contribution in [0, 0.1) is 12.3 Å². The Morgan fingerprint density at radius 1 is 1.25 bits per heavy atom. The zero-order valence-corrected chi connectivity index (χ0v) is 13.3. The number of halogens is 1. The van der Waals surface area contributed by atoms with E-state index in [0.717, 1.165) is 5.56 Å². The maximum Gasteiger partial charge on any atom is 0.246 e. The van der Waals surface area contributed by atoms with Crippen molar-refractivity contribution < 1.29 is 9.59 Å². The van der Waals surface area contributed by atoms with E-state index >= 15 is 0 Å². The highest BCUT2D eigenvalue weighted by atomic mass is 35.5. The van der Waals surface area contributed by atoms with Gasteiger partial charge in [0.15, 0.2) is 0 Å². The van der Waals surface area contributed by atoms with E-state index in [1.54, 1.807) is 45.9 Å². The molecule has 110 valence electrons. The fraction of sp³-hybridized carbons (Fsp3) is 0.467. The van der Waals surface area contributed by atoms with Gasteiger partial charge in [-0.3, -0.25) is 9.59 Å². The van der Waals surface area contributed by atoms with Crippen molar-refractivity contribution in [2.24, 2.45) is 5.41 Å². The summed E-state index contributed by atoms with van der Waals surface area (Å²) in [6.45, 7) is 8.92. The van der Waals surface area contributed by atoms with Crippen molar-refractivity contribution in [3.8, 4) is 0 Å². The molecule has 0 fully saturated rings. The largest absolute Gasteiger partial charge is 0.344 e. The van der Waals surface area contributed by atoms with Gasteiger partial charge in [0.05, 0.1) is 0 Å². The molecule has 0 radical (unpaired) electrons. The number of benzene rings is 1. The van der Waals surface area contributed by atoms with Gasteiger partial charge in [0, 0.05) is 16.1 Å². The third kappa shape index (κ3) is 4.53. The first-order chi connectivity index (χ1) is 9.11. The monoisotopic (exact) mass is 296 g/mol. The van der Waals surface area contributed by atoms with Crippen LogP contribution < -0.4 is 10.6 Å². The second kappa shape index (κ2) is 6.27. The van der Waals surface area contributed by atoms with Gasteiger partial charge in [0.25, 0.3) is 0 Å². The van der Waals surface area contributed by atoms with Crippen molar-refractivity contribution in [3.05, 3.63) is 28.8 Å². The summed E-state index contributed by atoms with van der Waals surface area (Å²) in [7, 11) is 0. The Morgan fingerprint density at radius 3 is 2.35 bits per heavy atom. The summed E-state index contributed by atoms with van der Waals surface area (Å²) in [6.07, 6.45) is 0. The minimum atomic E-state index is -0.600. The van der Waals surface area contributed by atoms with Gasteiger partial charge in [-0.2, -0.15) is 0 Å². The fourth-order valence-corrected chi connectivity index (χ4v) is 1.71. The van der Waals surface area contributed by atoms with E-state index in [0.29, 0.717) is 10.7 Å². The van der Waals surface area contributed by atoms with Crippen LogP contribution in [0.25, 0.3) is 0 Å². The van der Waals surface area contributed by atoms with Gasteiger partial charge in [0.1, 0.15) is 6.04 Å². The lowest BCUT2D eigenvalue weighted by Gasteiger charge is -2.21. The Morgan fingerprint density at radius 2 is 1.85 bits per heavy atom. The molecule has 0 bridgehead atoms. The first-order valence-corrected chi connectivity index (χ1v) is 6.87. The number of amides is 2. The summed E-state index contributed by atoms with van der Waals surface area (Å²) in [5.41, 5.74) is 1.04. The van der Waals surface area contributed by atoms with Crippen LogP contribution >= 0.6 is 11.6 Å². The molecule has 0 aliphatic heterocycles. The molecule has 4 nitrogen and oxygen atoms in total. The number of carbonyl (C=O) groups excluding carboxylic acids is 2. The molecule has 20 heavy (non-hydrogen) atoms. The van der Waals surface area contributed by atoms with Crippen molar-refractivity contribution in [1.29, 1.82) is 0 Å². The number of nitrogens with one attached hydrogen (secondary N) is 2. The smallest absolute Gasteiger partial charge is 0.246 e. The lowest BCUT2D eigenvalue weighted by Crippen LogP contribution is -2.46. The van der Waals surface area contributed by atoms with Crippen LogP contribution in [-0.4, -0.2) is 17.9 Å². The molecule has 0 aromatic heterocycles. The van der Waals surface area contributed by atoms with Gasteiger partial charge in [0.2, 0.25) is 11.8 Å². The molecule has 0 aliphatic rings. The average Bonchev–Trinajstić information content (AvgIpc) is 2.31. The van der Waals surface area contributed by atoms with Gasteiger partial charge in [-0.1, -0.05) is 32.4 Å². The summed E-state index contributed by atoms with van der Waals surface area (Å²) < 4.78 is 0. The molecule has 0 unspecified atom stereocenters. The van der Waals surface area contributed by atoms with Crippen molar-refractivity contribution in [2.75, 3.05) is 5.32 Å². The highest BCUT2D eigenvalue weighted by Gasteiger charge is 2.25. The molecule has 1 aromatic carbocycles. The summed E-state index contributed by atoms with van der Waals surface area (Å²) in [5, 5.41) is 6.10. The maximum atomic E-state index is 12.1. The van der Waals surface area contributed by atoms with Crippen LogP contribution in [0.15, 0.2) is 18.2 Å². The van der Waals surface area contributed by atoms with Crippen LogP contribution in [-0.2, 0) is 9.59 Å². The molecule has 0 saturated carbocycles. The first-order valence-electron chi connectivity index (χ1n) is 6.49. The van der Waals surface area contributed by atoms with Gasteiger partial charge >= 0.3 is 0 Å². The van der Waals surface area contributed by atoms with Crippen molar-refractivity contribution in [1.82, 2.24) is 5.32 Å². The minimum absolute atomic E-state index is 0.159. The Hall–Kier alpha value is -1.55. The van der Waals surface area contributed by atoms with Gasteiger partial charge in [-0.25, -0.2) is 0 Å². The first kappa shape index (κ1) is 16.5. The highest BCUT2D eigenvalue weighted by molar-refractivity contribution is 6.30. The molecular formula is C15H21ClN2O2. The molecule has 2 N–H and O–H groups in total. The van der Waals surface area contributed by atoms with E-state index in [1.165, 1.54) is 0 Å². The quantitative estimate of drug-likeness (QED) is 0.900. The fourth-order valence-electron chi connectivity index (χ4n) is 1.49. The lowest BCUT2D eigenvalue weighted by atomic mass is 9.95. The molecule has 1 rings (SSSR count). The molecule has 0 aliphatic carbocycles. The van der Waals surface area contributed by atoms with E-state index in [1.807, 2.05) is 6.92 Å². The van der Waals surface area contributed by atoms with Crippen molar-refractivity contribution in [2.45, 2.75) is 40.7 Å². The Balaban J connectivity index is 2.69. The third-order valence-electron chi connectivity index (χ3n) is 2.87. The molecule has 1 atom stereocenters. The topological polar surface area (TPSA) is 58.2 Å². The standard InChI is InChI=1S/C15H21ClN2O2/c1-9-8-11(16)6-7-12(9)18-13(19)10(2)17-14(20)15(3,4)5/h6-8,10H,1-5H3,(H,17,20)(H,18,19)/t10-/m0/s1. The SMILES string of the molecule is Cc1cc(Cl)ccc1NC(=O)[C@H](C)NC(=O)C(C)(C)C. The number of carbonyl (C=O) groups is 2. The number of rotatable bonds is 3. The molecule has 5 heteroatoms. The van der Waals surface area contributed by atoms with E-state index in [-0.39, 0.29) is 11.8 Å². The zero-order valence-electron chi connectivity index (χ0n) is 12.5. The normalized spacial score (nSPS) is 12.7. The molecule has 0 saturated heterocycles. The molecule has 1 aromatic rings. The second-order valence-electron chi connectivity index (χ2n) is 5.89. The molecule has 0 spiro atoms. The van der Waals surface area contributed by atoms with E-state index in [9.17, 15) is 9.59 Å². The van der Waals surface area contributed by atoms with Crippen LogP contribution in [0.2, 0.25) is 5.02 Å². The summed E-state index contributed by atoms with van der Waals surface area (Å²) in [4.78, 5) is 23.9. The van der Waals surface area contributed by atoms with E-state index < -0.39 is 11.5 Å². The van der Waals surface area contributed by atoms with Crippen LogP contribution in [0.4, 0.5) is 5.69 Å². The Kier molecular flexibility index (Phi) is 5.17. The number of aryl methyl sites for hydroxylation is 1. The van der Waals surface area contributed by atoms with E-state index in [2.05, 4.69) is 10.6 Å². The second-order valence-corrected chi connectivity index (χ2v) is 6.33. The van der Waals surface area contributed by atoms with Crippen molar-refractivity contribution in [3.63, 3.8) is 0 Å². The molecule has 2 amide bonds. The Labute approximate surface area is 124 Å². The predicted molar refractivity (Wildman–Crippen MR) is 81.9 cm³/mol. The number of hydrogen-bond acceptors (Lipinski definition) is 2. The highest BCUT2D eigenvalue weighted by Crippen LogP contribution is 2.20. The number of anilines is 1. The molecular weight excluding hydrogens is 276 g/mol.